The van der Waals surface area contributed by atoms with Crippen molar-refractivity contribution in [3.05, 3.63) is 65.7 Å². The number of carboxylic acids is 1. The molecule has 0 amide bonds. The zero-order valence-electron chi connectivity index (χ0n) is 12.2. The fraction of sp³-hybridized carbons (Fsp3) is 0.235. The Morgan fingerprint density at radius 1 is 1.05 bits per heavy atom. The van der Waals surface area contributed by atoms with Gasteiger partial charge in [-0.1, -0.05) is 42.5 Å². The first-order chi connectivity index (χ1) is 10.6. The third kappa shape index (κ3) is 3.63. The van der Waals surface area contributed by atoms with Gasteiger partial charge in [0.15, 0.2) is 6.79 Å². The van der Waals surface area contributed by atoms with Crippen LogP contribution in [0.2, 0.25) is 0 Å². The van der Waals surface area contributed by atoms with Crippen molar-refractivity contribution in [3.8, 4) is 5.75 Å². The number of aliphatic carboxylic acids is 1. The van der Waals surface area contributed by atoms with Crippen LogP contribution in [0.3, 0.4) is 0 Å². The Bertz CT molecular complexity index is 609. The molecule has 0 bridgehead atoms. The Morgan fingerprint density at radius 2 is 1.64 bits per heavy atom. The van der Waals surface area contributed by atoms with E-state index in [2.05, 4.69) is 0 Å². The molecule has 0 radical (unpaired) electrons. The number of carbonyl (C=O) groups is 1. The fourth-order valence-electron chi connectivity index (χ4n) is 2.26. The zero-order chi connectivity index (χ0) is 16.0. The normalized spacial score (nSPS) is 13.4. The number of methoxy groups -OCH3 is 1. The molecular formula is C17H18O5. The number of hydrogen-bond acceptors (Lipinski definition) is 4. The summed E-state index contributed by atoms with van der Waals surface area (Å²) in [5.74, 6) is -0.498. The average molecular weight is 302 g/mol. The van der Waals surface area contributed by atoms with Gasteiger partial charge in [-0.05, 0) is 23.3 Å². The van der Waals surface area contributed by atoms with Gasteiger partial charge in [0.2, 0.25) is 0 Å². The molecule has 0 spiro atoms. The van der Waals surface area contributed by atoms with Crippen LogP contribution in [-0.2, 0) is 15.1 Å². The molecule has 2 N–H and O–H groups in total. The summed E-state index contributed by atoms with van der Waals surface area (Å²) in [7, 11) is 1.52. The van der Waals surface area contributed by atoms with Crippen molar-refractivity contribution in [1.29, 1.82) is 0 Å². The summed E-state index contributed by atoms with van der Waals surface area (Å²) in [4.78, 5) is 11.2. The van der Waals surface area contributed by atoms with Crippen LogP contribution in [0.4, 0.5) is 0 Å². The first-order valence-corrected chi connectivity index (χ1v) is 6.78. The topological polar surface area (TPSA) is 76.0 Å². The quantitative estimate of drug-likeness (QED) is 0.768. The average Bonchev–Trinajstić information content (AvgIpc) is 2.53. The van der Waals surface area contributed by atoms with E-state index in [0.29, 0.717) is 16.9 Å². The summed E-state index contributed by atoms with van der Waals surface area (Å²) in [6, 6.07) is 15.4. The van der Waals surface area contributed by atoms with Crippen molar-refractivity contribution >= 4 is 5.97 Å². The molecule has 0 aromatic heterocycles. The minimum atomic E-state index is -1.59. The molecule has 0 aliphatic carbocycles. The van der Waals surface area contributed by atoms with Crippen molar-refractivity contribution < 1.29 is 24.5 Å². The van der Waals surface area contributed by atoms with Gasteiger partial charge in [0.1, 0.15) is 11.4 Å². The number of carboxylic acid groups (broad SMARTS) is 1. The smallest absolute Gasteiger partial charge is 0.306 e. The lowest BCUT2D eigenvalue weighted by atomic mass is 9.83. The third-order valence-corrected chi connectivity index (χ3v) is 3.33. The number of benzene rings is 2. The summed E-state index contributed by atoms with van der Waals surface area (Å²) in [5.41, 5.74) is -0.568. The van der Waals surface area contributed by atoms with Crippen LogP contribution in [0.1, 0.15) is 17.5 Å². The molecule has 116 valence electrons. The van der Waals surface area contributed by atoms with Crippen molar-refractivity contribution in [1.82, 2.24) is 0 Å². The van der Waals surface area contributed by atoms with Crippen LogP contribution in [0.25, 0.3) is 0 Å². The molecule has 5 nitrogen and oxygen atoms in total. The number of hydrogen-bond donors (Lipinski definition) is 2. The van der Waals surface area contributed by atoms with E-state index in [4.69, 9.17) is 14.6 Å². The molecule has 0 heterocycles. The minimum absolute atomic E-state index is 0.122. The second-order valence-corrected chi connectivity index (χ2v) is 4.87. The molecule has 0 aliphatic rings. The summed E-state index contributed by atoms with van der Waals surface area (Å²) in [6.45, 7) is 0.122. The summed E-state index contributed by atoms with van der Waals surface area (Å²) in [6.07, 6.45) is -0.421. The molecule has 0 saturated heterocycles. The largest absolute Gasteiger partial charge is 0.481 e. The highest BCUT2D eigenvalue weighted by Crippen LogP contribution is 2.33. The van der Waals surface area contributed by atoms with Crippen LogP contribution < -0.4 is 4.74 Å². The maximum atomic E-state index is 11.2. The lowest BCUT2D eigenvalue weighted by Crippen LogP contribution is -2.30. The Balaban J connectivity index is 2.35. The molecule has 0 aliphatic heterocycles. The van der Waals surface area contributed by atoms with Crippen LogP contribution in [-0.4, -0.2) is 30.1 Å². The maximum absolute atomic E-state index is 11.2. The van der Waals surface area contributed by atoms with Crippen LogP contribution in [0.5, 0.6) is 5.75 Å². The molecule has 22 heavy (non-hydrogen) atoms. The molecule has 5 heteroatoms. The zero-order valence-corrected chi connectivity index (χ0v) is 12.2. The molecule has 0 fully saturated rings. The molecule has 2 aromatic carbocycles. The predicted molar refractivity (Wildman–Crippen MR) is 80.6 cm³/mol. The van der Waals surface area contributed by atoms with Crippen LogP contribution in [0, 0.1) is 0 Å². The molecular weight excluding hydrogens is 284 g/mol. The van der Waals surface area contributed by atoms with E-state index >= 15 is 0 Å². The van der Waals surface area contributed by atoms with E-state index in [-0.39, 0.29) is 6.79 Å². The number of aliphatic hydroxyl groups is 1. The molecule has 0 saturated carbocycles. The first kappa shape index (κ1) is 16.0. The highest BCUT2D eigenvalue weighted by molar-refractivity contribution is 5.70. The van der Waals surface area contributed by atoms with Crippen molar-refractivity contribution in [2.45, 2.75) is 12.0 Å². The number of ether oxygens (including phenoxy) is 2. The maximum Gasteiger partial charge on any atom is 0.306 e. The van der Waals surface area contributed by atoms with Gasteiger partial charge in [-0.15, -0.1) is 0 Å². The molecule has 2 rings (SSSR count). The Kier molecular flexibility index (Phi) is 5.14. The third-order valence-electron chi connectivity index (χ3n) is 3.33. The van der Waals surface area contributed by atoms with Gasteiger partial charge in [0.25, 0.3) is 0 Å². The molecule has 1 atom stereocenters. The van der Waals surface area contributed by atoms with E-state index in [1.165, 1.54) is 7.11 Å². The second-order valence-electron chi connectivity index (χ2n) is 4.87. The number of rotatable bonds is 7. The van der Waals surface area contributed by atoms with Gasteiger partial charge >= 0.3 is 5.97 Å². The summed E-state index contributed by atoms with van der Waals surface area (Å²) < 4.78 is 10.1. The fourth-order valence-corrected chi connectivity index (χ4v) is 2.26. The van der Waals surface area contributed by atoms with Gasteiger partial charge in [0, 0.05) is 7.11 Å². The van der Waals surface area contributed by atoms with Gasteiger partial charge in [-0.25, -0.2) is 0 Å². The summed E-state index contributed by atoms with van der Waals surface area (Å²) >= 11 is 0. The lowest BCUT2D eigenvalue weighted by Gasteiger charge is -2.28. The highest BCUT2D eigenvalue weighted by Gasteiger charge is 2.34. The second kappa shape index (κ2) is 7.06. The SMILES string of the molecule is COCOc1ccc(C(O)(CC(=O)O)c2ccccc2)cc1. The van der Waals surface area contributed by atoms with Gasteiger partial charge in [-0.2, -0.15) is 0 Å². The first-order valence-electron chi connectivity index (χ1n) is 6.78. The minimum Gasteiger partial charge on any atom is -0.481 e. The van der Waals surface area contributed by atoms with Crippen molar-refractivity contribution in [2.75, 3.05) is 13.9 Å². The van der Waals surface area contributed by atoms with Gasteiger partial charge < -0.3 is 19.7 Å². The van der Waals surface area contributed by atoms with E-state index in [0.717, 1.165) is 0 Å². The van der Waals surface area contributed by atoms with Gasteiger partial charge in [0.05, 0.1) is 6.42 Å². The Labute approximate surface area is 128 Å². The highest BCUT2D eigenvalue weighted by atomic mass is 16.7. The Morgan fingerprint density at radius 3 is 2.18 bits per heavy atom. The molecule has 1 unspecified atom stereocenters. The van der Waals surface area contributed by atoms with Crippen molar-refractivity contribution in [3.63, 3.8) is 0 Å². The Hall–Kier alpha value is -2.37. The monoisotopic (exact) mass is 302 g/mol. The lowest BCUT2D eigenvalue weighted by molar-refractivity contribution is -0.141. The van der Waals surface area contributed by atoms with Crippen LogP contribution in [0.15, 0.2) is 54.6 Å². The standard InChI is InChI=1S/C17H18O5/c1-21-12-22-15-9-7-14(8-10-15)17(20,11-16(18)19)13-5-3-2-4-6-13/h2-10,20H,11-12H2,1H3,(H,18,19). The molecule has 2 aromatic rings. The van der Waals surface area contributed by atoms with E-state index in [9.17, 15) is 9.90 Å². The van der Waals surface area contributed by atoms with E-state index in [1.54, 1.807) is 48.5 Å². The summed E-state index contributed by atoms with van der Waals surface area (Å²) in [5, 5.41) is 20.1. The van der Waals surface area contributed by atoms with Crippen LogP contribution >= 0.6 is 0 Å². The van der Waals surface area contributed by atoms with Gasteiger partial charge in [-0.3, -0.25) is 4.79 Å². The predicted octanol–water partition coefficient (Wildman–Crippen LogP) is 2.38. The van der Waals surface area contributed by atoms with Crippen molar-refractivity contribution in [2.24, 2.45) is 0 Å². The van der Waals surface area contributed by atoms with E-state index < -0.39 is 18.0 Å². The van der Waals surface area contributed by atoms with E-state index in [1.807, 2.05) is 6.07 Å².